The second kappa shape index (κ2) is 12.2. The highest BCUT2D eigenvalue weighted by molar-refractivity contribution is 5.92. The first kappa shape index (κ1) is 23.8. The Kier molecular flexibility index (Phi) is 10.4. The molecule has 0 heterocycles. The van der Waals surface area contributed by atoms with E-state index < -0.39 is 5.97 Å². The van der Waals surface area contributed by atoms with Crippen LogP contribution < -0.4 is 15.4 Å². The van der Waals surface area contributed by atoms with Crippen LogP contribution >= 0.6 is 0 Å². The Bertz CT molecular complexity index is 637. The Hall–Kier alpha value is -2.28. The number of hydrogen-bond donors (Lipinski definition) is 2. The molecule has 0 amide bonds. The fraction of sp³-hybridized carbons (Fsp3) is 0.619. The molecule has 2 N–H and O–H groups in total. The molecule has 1 aromatic rings. The second-order valence-corrected chi connectivity index (χ2v) is 7.16. The molecule has 7 nitrogen and oxygen atoms in total. The Morgan fingerprint density at radius 1 is 1.14 bits per heavy atom. The Labute approximate surface area is 169 Å². The summed E-state index contributed by atoms with van der Waals surface area (Å²) in [6.45, 7) is 11.3. The van der Waals surface area contributed by atoms with Crippen molar-refractivity contribution in [2.24, 2.45) is 4.99 Å². The van der Waals surface area contributed by atoms with Crippen LogP contribution in [0.2, 0.25) is 0 Å². The largest absolute Gasteiger partial charge is 0.496 e. The van der Waals surface area contributed by atoms with Crippen molar-refractivity contribution in [2.45, 2.75) is 52.7 Å². The molecule has 0 atom stereocenters. The summed E-state index contributed by atoms with van der Waals surface area (Å²) in [5, 5.41) is 6.61. The quantitative estimate of drug-likeness (QED) is 0.276. The molecule has 0 saturated heterocycles. The van der Waals surface area contributed by atoms with Crippen LogP contribution in [0.15, 0.2) is 23.2 Å². The van der Waals surface area contributed by atoms with Crippen LogP contribution in [0, 0.1) is 0 Å². The van der Waals surface area contributed by atoms with Gasteiger partial charge in [0, 0.05) is 38.8 Å². The highest BCUT2D eigenvalue weighted by Crippen LogP contribution is 2.20. The van der Waals surface area contributed by atoms with Crippen LogP contribution in [0.1, 0.15) is 50.0 Å². The molecule has 1 aromatic carbocycles. The molecule has 0 aromatic heterocycles. The van der Waals surface area contributed by atoms with Crippen LogP contribution in [-0.4, -0.2) is 63.3 Å². The number of esters is 1. The number of ether oxygens (including phenoxy) is 2. The smallest absolute Gasteiger partial charge is 0.341 e. The minimum Gasteiger partial charge on any atom is -0.496 e. The standard InChI is InChI=1S/C21H36N4O3/c1-15(2)25(16(3)4)12-8-11-23-21(22-5)24-14-17-9-10-19(27-6)18(13-17)20(26)28-7/h9-10,13,15-16H,8,11-12,14H2,1-7H3,(H2,22,23,24). The van der Waals surface area contributed by atoms with Crippen molar-refractivity contribution in [3.8, 4) is 5.75 Å². The summed E-state index contributed by atoms with van der Waals surface area (Å²) in [7, 11) is 4.64. The van der Waals surface area contributed by atoms with Crippen molar-refractivity contribution in [1.82, 2.24) is 15.5 Å². The van der Waals surface area contributed by atoms with Gasteiger partial charge < -0.3 is 20.1 Å². The van der Waals surface area contributed by atoms with Gasteiger partial charge in [0.2, 0.25) is 0 Å². The lowest BCUT2D eigenvalue weighted by Gasteiger charge is -2.30. The van der Waals surface area contributed by atoms with Gasteiger partial charge in [-0.2, -0.15) is 0 Å². The number of carbonyl (C=O) groups excluding carboxylic acids is 1. The van der Waals surface area contributed by atoms with Gasteiger partial charge >= 0.3 is 5.97 Å². The highest BCUT2D eigenvalue weighted by Gasteiger charge is 2.14. The predicted molar refractivity (Wildman–Crippen MR) is 114 cm³/mol. The lowest BCUT2D eigenvalue weighted by Crippen LogP contribution is -2.41. The lowest BCUT2D eigenvalue weighted by atomic mass is 10.1. The van der Waals surface area contributed by atoms with Gasteiger partial charge in [-0.15, -0.1) is 0 Å². The van der Waals surface area contributed by atoms with E-state index in [2.05, 4.69) is 48.2 Å². The third kappa shape index (κ3) is 7.38. The Balaban J connectivity index is 2.55. The van der Waals surface area contributed by atoms with Crippen molar-refractivity contribution in [3.63, 3.8) is 0 Å². The van der Waals surface area contributed by atoms with Crippen molar-refractivity contribution in [2.75, 3.05) is 34.4 Å². The van der Waals surface area contributed by atoms with Crippen LogP contribution in [0.3, 0.4) is 0 Å². The van der Waals surface area contributed by atoms with E-state index in [1.807, 2.05) is 6.07 Å². The SMILES string of the molecule is CN=C(NCCCN(C(C)C)C(C)C)NCc1ccc(OC)c(C(=O)OC)c1. The first-order chi connectivity index (χ1) is 13.3. The van der Waals surface area contributed by atoms with Gasteiger partial charge in [-0.1, -0.05) is 6.07 Å². The third-order valence-corrected chi connectivity index (χ3v) is 4.56. The van der Waals surface area contributed by atoms with Crippen molar-refractivity contribution in [1.29, 1.82) is 0 Å². The number of benzene rings is 1. The molecular formula is C21H36N4O3. The van der Waals surface area contributed by atoms with Gasteiger partial charge in [-0.3, -0.25) is 9.89 Å². The van der Waals surface area contributed by atoms with Gasteiger partial charge in [0.15, 0.2) is 5.96 Å². The highest BCUT2D eigenvalue weighted by atomic mass is 16.5. The maximum Gasteiger partial charge on any atom is 0.341 e. The van der Waals surface area contributed by atoms with E-state index >= 15 is 0 Å². The molecule has 0 aliphatic rings. The fourth-order valence-corrected chi connectivity index (χ4v) is 3.12. The molecule has 0 bridgehead atoms. The molecule has 0 unspecified atom stereocenters. The average Bonchev–Trinajstić information content (AvgIpc) is 2.68. The van der Waals surface area contributed by atoms with Gasteiger partial charge in [0.25, 0.3) is 0 Å². The molecule has 0 aliphatic carbocycles. The Morgan fingerprint density at radius 3 is 2.36 bits per heavy atom. The van der Waals surface area contributed by atoms with Crippen LogP contribution in [0.25, 0.3) is 0 Å². The zero-order valence-corrected chi connectivity index (χ0v) is 18.3. The van der Waals surface area contributed by atoms with Crippen molar-refractivity contribution >= 4 is 11.9 Å². The second-order valence-electron chi connectivity index (χ2n) is 7.16. The van der Waals surface area contributed by atoms with Crippen molar-refractivity contribution in [3.05, 3.63) is 29.3 Å². The number of carbonyl (C=O) groups is 1. The molecule has 0 fully saturated rings. The Morgan fingerprint density at radius 2 is 1.82 bits per heavy atom. The number of guanidine groups is 1. The van der Waals surface area contributed by atoms with E-state index in [0.717, 1.165) is 31.0 Å². The molecule has 0 spiro atoms. The number of aliphatic imine (C=N–C) groups is 1. The zero-order valence-electron chi connectivity index (χ0n) is 18.3. The number of rotatable bonds is 10. The number of nitrogens with one attached hydrogen (secondary N) is 2. The molecule has 158 valence electrons. The maximum absolute atomic E-state index is 11.9. The van der Waals surface area contributed by atoms with E-state index in [4.69, 9.17) is 9.47 Å². The number of methoxy groups -OCH3 is 2. The van der Waals surface area contributed by atoms with Crippen LogP contribution in [0.5, 0.6) is 5.75 Å². The van der Waals surface area contributed by atoms with Gasteiger partial charge in [0.1, 0.15) is 11.3 Å². The first-order valence-electron chi connectivity index (χ1n) is 9.79. The monoisotopic (exact) mass is 392 g/mol. The summed E-state index contributed by atoms with van der Waals surface area (Å²) in [6, 6.07) is 6.53. The lowest BCUT2D eigenvalue weighted by molar-refractivity contribution is 0.0597. The minimum atomic E-state index is -0.416. The molecule has 0 radical (unpaired) electrons. The fourth-order valence-electron chi connectivity index (χ4n) is 3.12. The van der Waals surface area contributed by atoms with E-state index in [0.29, 0.717) is 29.9 Å². The molecule has 1 rings (SSSR count). The van der Waals surface area contributed by atoms with Crippen LogP contribution in [-0.2, 0) is 11.3 Å². The van der Waals surface area contributed by atoms with Gasteiger partial charge in [0.05, 0.1) is 14.2 Å². The summed E-state index contributed by atoms with van der Waals surface area (Å²) in [4.78, 5) is 18.6. The maximum atomic E-state index is 11.9. The van der Waals surface area contributed by atoms with E-state index in [1.165, 1.54) is 14.2 Å². The molecule has 28 heavy (non-hydrogen) atoms. The summed E-state index contributed by atoms with van der Waals surface area (Å²) in [5.41, 5.74) is 1.35. The predicted octanol–water partition coefficient (Wildman–Crippen LogP) is 2.66. The minimum absolute atomic E-state index is 0.412. The first-order valence-corrected chi connectivity index (χ1v) is 9.79. The third-order valence-electron chi connectivity index (χ3n) is 4.56. The van der Waals surface area contributed by atoms with Crippen molar-refractivity contribution < 1.29 is 14.3 Å². The molecule has 0 saturated carbocycles. The summed E-state index contributed by atoms with van der Waals surface area (Å²) >= 11 is 0. The molecule has 0 aliphatic heterocycles. The van der Waals surface area contributed by atoms with E-state index in [9.17, 15) is 4.79 Å². The summed E-state index contributed by atoms with van der Waals surface area (Å²) in [6.07, 6.45) is 1.03. The van der Waals surface area contributed by atoms with E-state index in [-0.39, 0.29) is 0 Å². The number of nitrogens with zero attached hydrogens (tertiary/aromatic N) is 2. The summed E-state index contributed by atoms with van der Waals surface area (Å²) in [5.74, 6) is 0.815. The van der Waals surface area contributed by atoms with Gasteiger partial charge in [-0.25, -0.2) is 4.79 Å². The molecular weight excluding hydrogens is 356 g/mol. The topological polar surface area (TPSA) is 75.2 Å². The van der Waals surface area contributed by atoms with E-state index in [1.54, 1.807) is 19.2 Å². The zero-order chi connectivity index (χ0) is 21.1. The normalized spacial score (nSPS) is 11.9. The summed E-state index contributed by atoms with van der Waals surface area (Å²) < 4.78 is 10.0. The van der Waals surface area contributed by atoms with Crippen LogP contribution in [0.4, 0.5) is 0 Å². The van der Waals surface area contributed by atoms with Gasteiger partial charge in [-0.05, 0) is 51.8 Å². The number of hydrogen-bond acceptors (Lipinski definition) is 5. The average molecular weight is 393 g/mol. The molecule has 7 heteroatoms.